The molecule has 98 valence electrons. The van der Waals surface area contributed by atoms with Crippen molar-refractivity contribution in [3.8, 4) is 5.75 Å². The first-order valence-corrected chi connectivity index (χ1v) is 5.69. The first-order valence-electron chi connectivity index (χ1n) is 5.69. The Balaban J connectivity index is 2.30. The van der Waals surface area contributed by atoms with Crippen molar-refractivity contribution in [1.82, 2.24) is 4.98 Å². The average molecular weight is 258 g/mol. The van der Waals surface area contributed by atoms with Gasteiger partial charge in [0, 0.05) is 18.0 Å². The maximum atomic E-state index is 11.6. The summed E-state index contributed by atoms with van der Waals surface area (Å²) in [4.78, 5) is 15.8. The molecule has 0 spiro atoms. The molecule has 5 nitrogen and oxygen atoms in total. The minimum Gasteiger partial charge on any atom is -0.497 e. The van der Waals surface area contributed by atoms with E-state index in [0.29, 0.717) is 11.4 Å². The number of rotatable bonds is 4. The Bertz CT molecular complexity index is 584. The van der Waals surface area contributed by atoms with E-state index in [1.807, 2.05) is 24.3 Å². The molecule has 0 aliphatic carbocycles. The highest BCUT2D eigenvalue weighted by molar-refractivity contribution is 5.95. The number of esters is 1. The minimum atomic E-state index is -0.432. The van der Waals surface area contributed by atoms with E-state index < -0.39 is 5.97 Å². The van der Waals surface area contributed by atoms with Crippen LogP contribution in [0.15, 0.2) is 42.6 Å². The van der Waals surface area contributed by atoms with Crippen molar-refractivity contribution in [3.63, 3.8) is 0 Å². The normalized spacial score (nSPS) is 9.79. The van der Waals surface area contributed by atoms with Crippen LogP contribution in [0.5, 0.6) is 5.75 Å². The summed E-state index contributed by atoms with van der Waals surface area (Å²) in [5.41, 5.74) is 1.16. The van der Waals surface area contributed by atoms with Crippen LogP contribution in [-0.4, -0.2) is 25.2 Å². The van der Waals surface area contributed by atoms with E-state index in [9.17, 15) is 4.79 Å². The van der Waals surface area contributed by atoms with Gasteiger partial charge in [-0.1, -0.05) is 6.07 Å². The van der Waals surface area contributed by atoms with Crippen LogP contribution in [0.1, 0.15) is 10.4 Å². The molecule has 2 rings (SSSR count). The molecule has 0 saturated heterocycles. The number of nitrogens with one attached hydrogen (secondary N) is 1. The molecular formula is C14H14N2O3. The van der Waals surface area contributed by atoms with Gasteiger partial charge in [-0.3, -0.25) is 0 Å². The molecule has 0 fully saturated rings. The van der Waals surface area contributed by atoms with E-state index in [2.05, 4.69) is 10.3 Å². The number of methoxy groups -OCH3 is 2. The third kappa shape index (κ3) is 3.01. The van der Waals surface area contributed by atoms with Crippen LogP contribution in [0.4, 0.5) is 11.5 Å². The van der Waals surface area contributed by atoms with Crippen molar-refractivity contribution >= 4 is 17.5 Å². The summed E-state index contributed by atoms with van der Waals surface area (Å²) >= 11 is 0. The third-order valence-corrected chi connectivity index (χ3v) is 2.55. The number of nitrogens with zero attached hydrogens (tertiary/aromatic N) is 1. The van der Waals surface area contributed by atoms with Gasteiger partial charge in [0.25, 0.3) is 0 Å². The van der Waals surface area contributed by atoms with Crippen LogP contribution >= 0.6 is 0 Å². The van der Waals surface area contributed by atoms with Crippen molar-refractivity contribution in [2.45, 2.75) is 0 Å². The predicted molar refractivity (Wildman–Crippen MR) is 71.9 cm³/mol. The van der Waals surface area contributed by atoms with Crippen LogP contribution in [0.2, 0.25) is 0 Å². The molecule has 0 radical (unpaired) electrons. The summed E-state index contributed by atoms with van der Waals surface area (Å²) in [6.45, 7) is 0. The van der Waals surface area contributed by atoms with Crippen LogP contribution in [0.25, 0.3) is 0 Å². The fourth-order valence-electron chi connectivity index (χ4n) is 1.62. The highest BCUT2D eigenvalue weighted by Crippen LogP contribution is 2.22. The van der Waals surface area contributed by atoms with E-state index in [1.165, 1.54) is 7.11 Å². The average Bonchev–Trinajstić information content (AvgIpc) is 2.47. The lowest BCUT2D eigenvalue weighted by Crippen LogP contribution is -2.07. The van der Waals surface area contributed by atoms with Crippen LogP contribution in [0.3, 0.4) is 0 Å². The molecule has 1 aromatic carbocycles. The number of hydrogen-bond donors (Lipinski definition) is 1. The molecule has 5 heteroatoms. The number of anilines is 2. The van der Waals surface area contributed by atoms with Crippen molar-refractivity contribution in [1.29, 1.82) is 0 Å². The van der Waals surface area contributed by atoms with E-state index in [-0.39, 0.29) is 0 Å². The highest BCUT2D eigenvalue weighted by Gasteiger charge is 2.12. The lowest BCUT2D eigenvalue weighted by Gasteiger charge is -2.10. The smallest absolute Gasteiger partial charge is 0.341 e. The number of ether oxygens (including phenoxy) is 2. The Morgan fingerprint density at radius 3 is 2.79 bits per heavy atom. The summed E-state index contributed by atoms with van der Waals surface area (Å²) in [5, 5.41) is 3.07. The molecule has 0 bridgehead atoms. The van der Waals surface area contributed by atoms with Gasteiger partial charge in [-0.15, -0.1) is 0 Å². The van der Waals surface area contributed by atoms with E-state index in [1.54, 1.807) is 25.4 Å². The summed E-state index contributed by atoms with van der Waals surface area (Å²) in [6, 6.07) is 10.7. The summed E-state index contributed by atoms with van der Waals surface area (Å²) in [6.07, 6.45) is 1.61. The molecule has 1 N–H and O–H groups in total. The largest absolute Gasteiger partial charge is 0.497 e. The summed E-state index contributed by atoms with van der Waals surface area (Å²) in [5.74, 6) is 0.738. The zero-order valence-corrected chi connectivity index (χ0v) is 10.7. The van der Waals surface area contributed by atoms with E-state index in [0.717, 1.165) is 11.4 Å². The second-order valence-electron chi connectivity index (χ2n) is 3.75. The van der Waals surface area contributed by atoms with Crippen LogP contribution in [0, 0.1) is 0 Å². The molecule has 2 aromatic rings. The molecule has 0 aliphatic rings. The van der Waals surface area contributed by atoms with Gasteiger partial charge in [-0.05, 0) is 24.3 Å². The van der Waals surface area contributed by atoms with Gasteiger partial charge in [-0.25, -0.2) is 9.78 Å². The van der Waals surface area contributed by atoms with E-state index in [4.69, 9.17) is 9.47 Å². The van der Waals surface area contributed by atoms with E-state index >= 15 is 0 Å². The Morgan fingerprint density at radius 2 is 2.05 bits per heavy atom. The molecule has 0 atom stereocenters. The molecule has 1 heterocycles. The maximum Gasteiger partial charge on any atom is 0.341 e. The number of benzene rings is 1. The van der Waals surface area contributed by atoms with Gasteiger partial charge in [0.2, 0.25) is 0 Å². The maximum absolute atomic E-state index is 11.6. The molecule has 0 saturated carbocycles. The minimum absolute atomic E-state index is 0.382. The van der Waals surface area contributed by atoms with Gasteiger partial charge in [0.1, 0.15) is 17.1 Å². The van der Waals surface area contributed by atoms with Crippen molar-refractivity contribution in [2.24, 2.45) is 0 Å². The van der Waals surface area contributed by atoms with Gasteiger partial charge in [-0.2, -0.15) is 0 Å². The lowest BCUT2D eigenvalue weighted by molar-refractivity contribution is 0.0601. The quantitative estimate of drug-likeness (QED) is 0.854. The Hall–Kier alpha value is -2.56. The monoisotopic (exact) mass is 258 g/mol. The first-order chi connectivity index (χ1) is 9.24. The van der Waals surface area contributed by atoms with Crippen molar-refractivity contribution in [3.05, 3.63) is 48.2 Å². The predicted octanol–water partition coefficient (Wildman–Crippen LogP) is 2.62. The van der Waals surface area contributed by atoms with Gasteiger partial charge < -0.3 is 14.8 Å². The fraction of sp³-hybridized carbons (Fsp3) is 0.143. The van der Waals surface area contributed by atoms with Gasteiger partial charge >= 0.3 is 5.97 Å². The SMILES string of the molecule is COC(=O)c1cccnc1Nc1cccc(OC)c1. The summed E-state index contributed by atoms with van der Waals surface area (Å²) < 4.78 is 9.86. The molecule has 0 unspecified atom stereocenters. The third-order valence-electron chi connectivity index (χ3n) is 2.55. The van der Waals surface area contributed by atoms with Crippen LogP contribution < -0.4 is 10.1 Å². The summed E-state index contributed by atoms with van der Waals surface area (Å²) in [7, 11) is 2.93. The first kappa shape index (κ1) is 12.9. The standard InChI is InChI=1S/C14H14N2O3/c1-18-11-6-3-5-10(9-11)16-13-12(14(17)19-2)7-4-8-15-13/h3-9H,1-2H3,(H,15,16). The Labute approximate surface area is 111 Å². The Kier molecular flexibility index (Phi) is 3.97. The number of pyridine rings is 1. The van der Waals surface area contributed by atoms with Crippen molar-refractivity contribution in [2.75, 3.05) is 19.5 Å². The number of aromatic nitrogens is 1. The number of hydrogen-bond acceptors (Lipinski definition) is 5. The Morgan fingerprint density at radius 1 is 1.21 bits per heavy atom. The highest BCUT2D eigenvalue weighted by atomic mass is 16.5. The molecular weight excluding hydrogens is 244 g/mol. The second kappa shape index (κ2) is 5.86. The molecule has 1 aromatic heterocycles. The topological polar surface area (TPSA) is 60.5 Å². The van der Waals surface area contributed by atoms with Gasteiger partial charge in [0.15, 0.2) is 0 Å². The van der Waals surface area contributed by atoms with Gasteiger partial charge in [0.05, 0.1) is 14.2 Å². The van der Waals surface area contributed by atoms with Crippen molar-refractivity contribution < 1.29 is 14.3 Å². The van der Waals surface area contributed by atoms with Crippen LogP contribution in [-0.2, 0) is 4.74 Å². The number of carbonyl (C=O) groups is 1. The zero-order chi connectivity index (χ0) is 13.7. The molecule has 19 heavy (non-hydrogen) atoms. The lowest BCUT2D eigenvalue weighted by atomic mass is 10.2. The second-order valence-corrected chi connectivity index (χ2v) is 3.75. The zero-order valence-electron chi connectivity index (χ0n) is 10.7. The molecule has 0 amide bonds. The number of carbonyl (C=O) groups excluding carboxylic acids is 1. The molecule has 0 aliphatic heterocycles. The fourth-order valence-corrected chi connectivity index (χ4v) is 1.62.